The lowest BCUT2D eigenvalue weighted by Crippen LogP contribution is -2.38. The van der Waals surface area contributed by atoms with Crippen molar-refractivity contribution in [1.29, 1.82) is 0 Å². The van der Waals surface area contributed by atoms with Crippen molar-refractivity contribution in [1.82, 2.24) is 9.55 Å². The van der Waals surface area contributed by atoms with Crippen molar-refractivity contribution >= 4 is 30.1 Å². The Morgan fingerprint density at radius 1 is 1.32 bits per heavy atom. The standard InChI is InChI=1S/C15H16ClN2O8PS/c16-8-3-1-2-4-9(8)25-27(23,28)26-13-10(7-19)24-14(12(13)21)18-6-5-11(20)17-15(18)22/h1-6,10,12-14,19,21H,7H2,(H,23,28)(H,17,20,22)/t10-,12-,13-,14-,27?/m1/s1. The second-order valence-corrected chi connectivity index (χ2v) is 8.94. The topological polar surface area (TPSA) is 143 Å². The van der Waals surface area contributed by atoms with Gasteiger partial charge in [0, 0.05) is 24.1 Å². The SMILES string of the molecule is O=c1ccn([C@@H]2O[C@H](CO)[C@@H](OP(O)(=S)Oc3ccccc3Cl)[C@H]2O)c(=O)[nH]1. The van der Waals surface area contributed by atoms with Crippen LogP contribution in [0.15, 0.2) is 46.1 Å². The van der Waals surface area contributed by atoms with Gasteiger partial charge in [0.2, 0.25) is 0 Å². The van der Waals surface area contributed by atoms with E-state index in [1.54, 1.807) is 12.1 Å². The number of aromatic nitrogens is 2. The summed E-state index contributed by atoms with van der Waals surface area (Å²) in [7, 11) is 0. The molecule has 28 heavy (non-hydrogen) atoms. The lowest BCUT2D eigenvalue weighted by molar-refractivity contribution is -0.0546. The molecule has 1 fully saturated rings. The van der Waals surface area contributed by atoms with Gasteiger partial charge >= 0.3 is 12.4 Å². The molecular formula is C15H16ClN2O8PS. The van der Waals surface area contributed by atoms with Crippen molar-refractivity contribution in [3.8, 4) is 5.75 Å². The summed E-state index contributed by atoms with van der Waals surface area (Å²) in [4.78, 5) is 35.6. The van der Waals surface area contributed by atoms with Crippen LogP contribution in [0, 0.1) is 0 Å². The summed E-state index contributed by atoms with van der Waals surface area (Å²) in [5.41, 5.74) is -1.45. The van der Waals surface area contributed by atoms with Crippen LogP contribution in [0.25, 0.3) is 0 Å². The van der Waals surface area contributed by atoms with Crippen molar-refractivity contribution in [2.45, 2.75) is 24.5 Å². The molecule has 0 spiro atoms. The van der Waals surface area contributed by atoms with Gasteiger partial charge in [0.05, 0.1) is 11.6 Å². The lowest BCUT2D eigenvalue weighted by atomic mass is 10.1. The first-order chi connectivity index (χ1) is 13.2. The van der Waals surface area contributed by atoms with Crippen LogP contribution >= 0.6 is 18.3 Å². The monoisotopic (exact) mass is 450 g/mol. The minimum Gasteiger partial charge on any atom is -0.423 e. The lowest BCUT2D eigenvalue weighted by Gasteiger charge is -2.25. The molecule has 0 bridgehead atoms. The first-order valence-electron chi connectivity index (χ1n) is 7.93. The average Bonchev–Trinajstić information content (AvgIpc) is 2.92. The zero-order valence-electron chi connectivity index (χ0n) is 14.0. The van der Waals surface area contributed by atoms with E-state index in [1.165, 1.54) is 12.1 Å². The third-order valence-electron chi connectivity index (χ3n) is 3.92. The van der Waals surface area contributed by atoms with E-state index < -0.39 is 49.1 Å². The molecule has 0 amide bonds. The first-order valence-corrected chi connectivity index (χ1v) is 10.9. The zero-order chi connectivity index (χ0) is 20.5. The summed E-state index contributed by atoms with van der Waals surface area (Å²) in [5, 5.41) is 20.3. The van der Waals surface area contributed by atoms with Gasteiger partial charge in [-0.15, -0.1) is 0 Å². The van der Waals surface area contributed by atoms with Crippen LogP contribution in [0.1, 0.15) is 6.23 Å². The highest BCUT2D eigenvalue weighted by Crippen LogP contribution is 2.49. The number of aromatic amines is 1. The number of nitrogens with one attached hydrogen (secondary N) is 1. The zero-order valence-corrected chi connectivity index (χ0v) is 16.5. The number of rotatable bonds is 6. The normalized spacial score (nSPS) is 26.7. The summed E-state index contributed by atoms with van der Waals surface area (Å²) in [6.45, 7) is -4.56. The number of nitrogens with zero attached hydrogens (tertiary/aromatic N) is 1. The van der Waals surface area contributed by atoms with Gasteiger partial charge in [-0.05, 0) is 12.1 Å². The van der Waals surface area contributed by atoms with Crippen molar-refractivity contribution in [2.24, 2.45) is 0 Å². The predicted molar refractivity (Wildman–Crippen MR) is 102 cm³/mol. The molecule has 3 rings (SSSR count). The number of hydrogen-bond acceptors (Lipinski definition) is 8. The number of aliphatic hydroxyl groups is 2. The van der Waals surface area contributed by atoms with Gasteiger partial charge in [-0.3, -0.25) is 18.9 Å². The van der Waals surface area contributed by atoms with Crippen molar-refractivity contribution in [3.63, 3.8) is 0 Å². The van der Waals surface area contributed by atoms with Crippen molar-refractivity contribution in [2.75, 3.05) is 6.61 Å². The van der Waals surface area contributed by atoms with Crippen LogP contribution in [0.5, 0.6) is 5.75 Å². The summed E-state index contributed by atoms with van der Waals surface area (Å²) in [5.74, 6) is 0.0809. The Bertz CT molecular complexity index is 1010. The third kappa shape index (κ3) is 4.53. The van der Waals surface area contributed by atoms with Gasteiger partial charge in [-0.2, -0.15) is 0 Å². The molecule has 0 radical (unpaired) electrons. The molecule has 0 aliphatic carbocycles. The Morgan fingerprint density at radius 2 is 2.04 bits per heavy atom. The van der Waals surface area contributed by atoms with Crippen LogP contribution in [0.3, 0.4) is 0 Å². The van der Waals surface area contributed by atoms with Crippen molar-refractivity contribution < 1.29 is 28.9 Å². The number of hydrogen-bond donors (Lipinski definition) is 4. The molecule has 1 aliphatic rings. The highest BCUT2D eigenvalue weighted by atomic mass is 35.5. The minimum atomic E-state index is -3.96. The van der Waals surface area contributed by atoms with Gasteiger partial charge in [0.25, 0.3) is 5.56 Å². The number of para-hydroxylation sites is 1. The molecule has 1 aromatic heterocycles. The maximum atomic E-state index is 11.9. The second-order valence-electron chi connectivity index (χ2n) is 5.82. The van der Waals surface area contributed by atoms with E-state index in [0.717, 1.165) is 16.8 Å². The Kier molecular flexibility index (Phi) is 6.37. The maximum absolute atomic E-state index is 11.9. The van der Waals surface area contributed by atoms with Gasteiger partial charge in [0.1, 0.15) is 24.1 Å². The molecular weight excluding hydrogens is 435 g/mol. The summed E-state index contributed by atoms with van der Waals surface area (Å²) < 4.78 is 17.0. The Labute approximate surface area is 168 Å². The van der Waals surface area contributed by atoms with Crippen LogP contribution in [-0.2, 0) is 21.1 Å². The van der Waals surface area contributed by atoms with Crippen LogP contribution < -0.4 is 15.8 Å². The largest absolute Gasteiger partial charge is 0.423 e. The number of ether oxygens (including phenoxy) is 1. The van der Waals surface area contributed by atoms with E-state index in [0.29, 0.717) is 0 Å². The van der Waals surface area contributed by atoms with Crippen LogP contribution in [0.2, 0.25) is 5.02 Å². The van der Waals surface area contributed by atoms with Crippen molar-refractivity contribution in [3.05, 3.63) is 62.4 Å². The molecule has 1 aromatic carbocycles. The highest BCUT2D eigenvalue weighted by molar-refractivity contribution is 8.07. The molecule has 1 aliphatic heterocycles. The number of halogens is 1. The second kappa shape index (κ2) is 8.44. The number of aliphatic hydroxyl groups excluding tert-OH is 2. The first kappa shape index (κ1) is 21.2. The maximum Gasteiger partial charge on any atom is 0.378 e. The van der Waals surface area contributed by atoms with E-state index in [-0.39, 0.29) is 10.8 Å². The average molecular weight is 451 g/mol. The molecule has 13 heteroatoms. The summed E-state index contributed by atoms with van der Waals surface area (Å²) in [6.07, 6.45) is -4.11. The molecule has 4 N–H and O–H groups in total. The Morgan fingerprint density at radius 3 is 2.68 bits per heavy atom. The van der Waals surface area contributed by atoms with Gasteiger partial charge in [-0.25, -0.2) is 4.79 Å². The van der Waals surface area contributed by atoms with E-state index in [4.69, 9.17) is 37.2 Å². The van der Waals surface area contributed by atoms with E-state index >= 15 is 0 Å². The third-order valence-corrected chi connectivity index (χ3v) is 5.65. The molecule has 1 saturated heterocycles. The minimum absolute atomic E-state index is 0.0809. The molecule has 2 aromatic rings. The molecule has 2 heterocycles. The fourth-order valence-electron chi connectivity index (χ4n) is 2.67. The van der Waals surface area contributed by atoms with E-state index in [2.05, 4.69) is 0 Å². The highest BCUT2D eigenvalue weighted by Gasteiger charge is 2.48. The summed E-state index contributed by atoms with van der Waals surface area (Å²) >= 11 is 10.9. The fourth-order valence-corrected chi connectivity index (χ4v) is 4.46. The quantitative estimate of drug-likeness (QED) is 0.451. The van der Waals surface area contributed by atoms with E-state index in [9.17, 15) is 24.7 Å². The van der Waals surface area contributed by atoms with Crippen LogP contribution in [0.4, 0.5) is 0 Å². The van der Waals surface area contributed by atoms with Crippen LogP contribution in [-0.4, -0.2) is 49.6 Å². The molecule has 10 nitrogen and oxygen atoms in total. The molecule has 5 atom stereocenters. The van der Waals surface area contributed by atoms with E-state index in [1.807, 2.05) is 4.98 Å². The number of H-pyrrole nitrogens is 1. The Hall–Kier alpha value is -1.56. The number of benzene rings is 1. The molecule has 152 valence electrons. The van der Waals surface area contributed by atoms with Gasteiger partial charge in [0.15, 0.2) is 6.23 Å². The smallest absolute Gasteiger partial charge is 0.378 e. The van der Waals surface area contributed by atoms with Gasteiger partial charge < -0.3 is 24.4 Å². The van der Waals surface area contributed by atoms with Gasteiger partial charge in [-0.1, -0.05) is 23.7 Å². The fraction of sp³-hybridized carbons (Fsp3) is 0.333. The Balaban J connectivity index is 1.82. The molecule has 0 saturated carbocycles. The predicted octanol–water partition coefficient (Wildman–Crippen LogP) is 0.122. The molecule has 1 unspecified atom stereocenters. The summed E-state index contributed by atoms with van der Waals surface area (Å²) in [6, 6.07) is 7.32.